The van der Waals surface area contributed by atoms with Crippen molar-refractivity contribution in [1.29, 1.82) is 0 Å². The summed E-state index contributed by atoms with van der Waals surface area (Å²) >= 11 is 0. The molecule has 1 N–H and O–H groups in total. The number of hydrogen-bond donors (Lipinski definition) is 1. The molecule has 2 atom stereocenters. The van der Waals surface area contributed by atoms with Crippen molar-refractivity contribution in [2.75, 3.05) is 11.2 Å². The van der Waals surface area contributed by atoms with Crippen molar-refractivity contribution in [2.24, 2.45) is 0 Å². The molecule has 0 bridgehead atoms. The number of hydrogen-bond acceptors (Lipinski definition) is 5. The van der Waals surface area contributed by atoms with Gasteiger partial charge in [0.05, 0.1) is 29.3 Å². The number of carbonyl (C=O) groups is 1. The molecule has 0 saturated carbocycles. The quantitative estimate of drug-likeness (QED) is 0.648. The fraction of sp³-hybridized carbons (Fsp3) is 0.318. The molecule has 1 aromatic carbocycles. The zero-order valence-electron chi connectivity index (χ0n) is 18.0. The lowest BCUT2D eigenvalue weighted by molar-refractivity contribution is 0.240. The summed E-state index contributed by atoms with van der Waals surface area (Å²) in [5.74, 6) is -0.325. The highest BCUT2D eigenvalue weighted by atomic mass is 32.2. The Labute approximate surface area is 186 Å². The Morgan fingerprint density at radius 2 is 1.97 bits per heavy atom. The zero-order chi connectivity index (χ0) is 23.0. The van der Waals surface area contributed by atoms with Gasteiger partial charge in [-0.05, 0) is 68.7 Å². The van der Waals surface area contributed by atoms with Gasteiger partial charge >= 0.3 is 6.03 Å². The summed E-state index contributed by atoms with van der Waals surface area (Å²) < 4.78 is 38.7. The number of nitrogens with one attached hydrogen (secondary N) is 1. The van der Waals surface area contributed by atoms with E-state index in [0.717, 1.165) is 30.5 Å². The number of rotatable bonds is 4. The number of benzene rings is 1. The minimum Gasteiger partial charge on any atom is -0.331 e. The third-order valence-corrected chi connectivity index (χ3v) is 6.60. The summed E-state index contributed by atoms with van der Waals surface area (Å²) in [7, 11) is -3.45. The Morgan fingerprint density at radius 1 is 1.25 bits per heavy atom. The van der Waals surface area contributed by atoms with Crippen LogP contribution in [0.25, 0.3) is 5.69 Å². The Bertz CT molecular complexity index is 1260. The fourth-order valence-corrected chi connectivity index (χ4v) is 4.46. The molecular formula is C22H24FN5O3S. The first-order valence-electron chi connectivity index (χ1n) is 10.2. The SMILES string of the molecule is CC1CCc2c(cnn2-c2ccc(F)cc2)N1C(=O)N[C@@H](C)c1ccnc(S(C)(=O)=O)c1. The fourth-order valence-electron chi connectivity index (χ4n) is 3.86. The molecule has 0 fully saturated rings. The third kappa shape index (κ3) is 4.22. The predicted octanol–water partition coefficient (Wildman–Crippen LogP) is 3.42. The van der Waals surface area contributed by atoms with E-state index in [2.05, 4.69) is 15.4 Å². The molecule has 0 radical (unpaired) electrons. The second kappa shape index (κ2) is 8.34. The van der Waals surface area contributed by atoms with Crippen molar-refractivity contribution in [3.05, 3.63) is 65.9 Å². The molecule has 10 heteroatoms. The molecule has 2 aromatic heterocycles. The van der Waals surface area contributed by atoms with Crippen LogP contribution in [0.5, 0.6) is 0 Å². The van der Waals surface area contributed by atoms with Gasteiger partial charge in [0.25, 0.3) is 0 Å². The summed E-state index contributed by atoms with van der Waals surface area (Å²) in [6.07, 6.45) is 5.64. The first kappa shape index (κ1) is 21.9. The van der Waals surface area contributed by atoms with E-state index in [0.29, 0.717) is 11.3 Å². The van der Waals surface area contributed by atoms with Crippen LogP contribution < -0.4 is 10.2 Å². The van der Waals surface area contributed by atoms with Crippen LogP contribution in [0, 0.1) is 5.82 Å². The van der Waals surface area contributed by atoms with E-state index >= 15 is 0 Å². The summed E-state index contributed by atoms with van der Waals surface area (Å²) in [5, 5.41) is 7.35. The zero-order valence-corrected chi connectivity index (χ0v) is 18.8. The van der Waals surface area contributed by atoms with Crippen molar-refractivity contribution in [3.8, 4) is 5.69 Å². The highest BCUT2D eigenvalue weighted by Gasteiger charge is 2.32. The number of pyridine rings is 1. The molecule has 1 aliphatic heterocycles. The maximum absolute atomic E-state index is 13.3. The van der Waals surface area contributed by atoms with E-state index in [1.54, 1.807) is 40.9 Å². The van der Waals surface area contributed by atoms with Gasteiger partial charge in [-0.3, -0.25) is 4.90 Å². The third-order valence-electron chi connectivity index (χ3n) is 5.61. The average Bonchev–Trinajstić information content (AvgIpc) is 3.17. The molecule has 8 nitrogen and oxygen atoms in total. The first-order valence-corrected chi connectivity index (χ1v) is 12.1. The molecule has 2 amide bonds. The van der Waals surface area contributed by atoms with Crippen molar-refractivity contribution in [2.45, 2.75) is 43.8 Å². The lowest BCUT2D eigenvalue weighted by atomic mass is 10.0. The highest BCUT2D eigenvalue weighted by molar-refractivity contribution is 7.90. The van der Waals surface area contributed by atoms with Crippen LogP contribution in [0.4, 0.5) is 14.9 Å². The molecule has 0 spiro atoms. The van der Waals surface area contributed by atoms with E-state index in [-0.39, 0.29) is 22.9 Å². The molecule has 1 aliphatic rings. The van der Waals surface area contributed by atoms with Crippen molar-refractivity contribution in [1.82, 2.24) is 20.1 Å². The van der Waals surface area contributed by atoms with Crippen LogP contribution in [0.1, 0.15) is 37.6 Å². The number of aromatic nitrogens is 3. The molecular weight excluding hydrogens is 433 g/mol. The maximum atomic E-state index is 13.3. The summed E-state index contributed by atoms with van der Waals surface area (Å²) in [5.41, 5.74) is 2.94. The molecule has 3 heterocycles. The molecule has 1 unspecified atom stereocenters. The van der Waals surface area contributed by atoms with Crippen LogP contribution in [0.15, 0.2) is 53.8 Å². The van der Waals surface area contributed by atoms with Gasteiger partial charge in [0, 0.05) is 18.5 Å². The second-order valence-electron chi connectivity index (χ2n) is 7.99. The van der Waals surface area contributed by atoms with E-state index in [1.807, 2.05) is 6.92 Å². The lowest BCUT2D eigenvalue weighted by Crippen LogP contribution is -2.48. The number of urea groups is 1. The van der Waals surface area contributed by atoms with Gasteiger partial charge in [0.15, 0.2) is 14.9 Å². The molecule has 4 rings (SSSR count). The minimum absolute atomic E-state index is 0.0368. The van der Waals surface area contributed by atoms with E-state index in [4.69, 9.17) is 0 Å². The normalized spacial score (nSPS) is 17.0. The maximum Gasteiger partial charge on any atom is 0.322 e. The standard InChI is InChI=1S/C22H24FN5O3S/c1-14-4-9-19-20(13-25-28(19)18-7-5-17(23)6-8-18)27(14)22(29)26-15(2)16-10-11-24-21(12-16)32(3,30)31/h5-8,10-15H,4,9H2,1-3H3,(H,26,29)/t14?,15-/m0/s1. The Morgan fingerprint density at radius 3 is 2.66 bits per heavy atom. The van der Waals surface area contributed by atoms with Gasteiger partial charge < -0.3 is 5.32 Å². The monoisotopic (exact) mass is 457 g/mol. The summed E-state index contributed by atoms with van der Waals surface area (Å²) in [6.45, 7) is 3.76. The van der Waals surface area contributed by atoms with Gasteiger partial charge in [0.1, 0.15) is 5.82 Å². The Kier molecular flexibility index (Phi) is 5.72. The number of nitrogens with zero attached hydrogens (tertiary/aromatic N) is 4. The minimum atomic E-state index is -3.45. The Balaban J connectivity index is 1.59. The van der Waals surface area contributed by atoms with Crippen LogP contribution in [0.2, 0.25) is 0 Å². The van der Waals surface area contributed by atoms with Gasteiger partial charge in [-0.15, -0.1) is 0 Å². The van der Waals surface area contributed by atoms with Crippen molar-refractivity contribution >= 4 is 21.6 Å². The van der Waals surface area contributed by atoms with E-state index in [9.17, 15) is 17.6 Å². The predicted molar refractivity (Wildman–Crippen MR) is 118 cm³/mol. The number of fused-ring (bicyclic) bond motifs is 1. The highest BCUT2D eigenvalue weighted by Crippen LogP contribution is 2.32. The number of anilines is 1. The number of sulfone groups is 1. The number of amides is 2. The smallest absolute Gasteiger partial charge is 0.322 e. The van der Waals surface area contributed by atoms with Gasteiger partial charge in [-0.1, -0.05) is 0 Å². The number of carbonyl (C=O) groups excluding carboxylic acids is 1. The Hall–Kier alpha value is -3.27. The molecule has 0 aliphatic carbocycles. The second-order valence-corrected chi connectivity index (χ2v) is 9.96. The average molecular weight is 458 g/mol. The molecule has 32 heavy (non-hydrogen) atoms. The van der Waals surface area contributed by atoms with Crippen molar-refractivity contribution < 1.29 is 17.6 Å². The van der Waals surface area contributed by atoms with Crippen LogP contribution in [-0.2, 0) is 16.3 Å². The largest absolute Gasteiger partial charge is 0.331 e. The molecule has 168 valence electrons. The van der Waals surface area contributed by atoms with Gasteiger partial charge in [-0.25, -0.2) is 27.3 Å². The van der Waals surface area contributed by atoms with E-state index < -0.39 is 15.9 Å². The summed E-state index contributed by atoms with van der Waals surface area (Å²) in [6, 6.07) is 8.41. The van der Waals surface area contributed by atoms with E-state index in [1.165, 1.54) is 24.4 Å². The van der Waals surface area contributed by atoms with Gasteiger partial charge in [0.2, 0.25) is 0 Å². The topological polar surface area (TPSA) is 97.2 Å². The molecule has 0 saturated heterocycles. The molecule has 3 aromatic rings. The van der Waals surface area contributed by atoms with Gasteiger partial charge in [-0.2, -0.15) is 5.10 Å². The van der Waals surface area contributed by atoms with Crippen LogP contribution in [-0.4, -0.2) is 41.5 Å². The van der Waals surface area contributed by atoms with Crippen LogP contribution >= 0.6 is 0 Å². The van der Waals surface area contributed by atoms with Crippen LogP contribution in [0.3, 0.4) is 0 Å². The number of halogens is 1. The summed E-state index contributed by atoms with van der Waals surface area (Å²) in [4.78, 5) is 18.8. The van der Waals surface area contributed by atoms with Crippen molar-refractivity contribution in [3.63, 3.8) is 0 Å². The first-order chi connectivity index (χ1) is 15.1. The lowest BCUT2D eigenvalue weighted by Gasteiger charge is -2.34.